The molecule has 3 rings (SSSR count). The number of ether oxygens (including phenoxy) is 2. The zero-order chi connectivity index (χ0) is 19.4. The zero-order valence-corrected chi connectivity index (χ0v) is 16.6. The summed E-state index contributed by atoms with van der Waals surface area (Å²) in [5.41, 5.74) is 7.07. The predicted molar refractivity (Wildman–Crippen MR) is 108 cm³/mol. The first-order valence-corrected chi connectivity index (χ1v) is 9.50. The molecular formula is C19H26ClN5O2. The summed E-state index contributed by atoms with van der Waals surface area (Å²) in [7, 11) is 1.59. The van der Waals surface area contributed by atoms with Gasteiger partial charge in [0, 0.05) is 17.7 Å². The molecule has 2 aromatic rings. The minimum Gasteiger partial charge on any atom is -0.495 e. The van der Waals surface area contributed by atoms with Crippen molar-refractivity contribution in [3.8, 4) is 17.2 Å². The Balaban J connectivity index is 1.80. The van der Waals surface area contributed by atoms with Gasteiger partial charge in [-0.2, -0.15) is 4.98 Å². The van der Waals surface area contributed by atoms with E-state index < -0.39 is 0 Å². The van der Waals surface area contributed by atoms with E-state index in [1.54, 1.807) is 19.4 Å². The zero-order valence-electron chi connectivity index (χ0n) is 15.9. The molecule has 1 aromatic heterocycles. The number of hydrogen-bond acceptors (Lipinski definition) is 7. The molecule has 4 N–H and O–H groups in total. The summed E-state index contributed by atoms with van der Waals surface area (Å²) in [6.07, 6.45) is 3.65. The van der Waals surface area contributed by atoms with Crippen molar-refractivity contribution in [2.45, 2.75) is 38.6 Å². The van der Waals surface area contributed by atoms with Crippen LogP contribution in [0.4, 0.5) is 11.8 Å². The fourth-order valence-corrected chi connectivity index (χ4v) is 3.28. The Morgan fingerprint density at radius 1 is 1.22 bits per heavy atom. The molecule has 7 nitrogen and oxygen atoms in total. The molecular weight excluding hydrogens is 366 g/mol. The van der Waals surface area contributed by atoms with Gasteiger partial charge in [0.25, 0.3) is 0 Å². The van der Waals surface area contributed by atoms with Gasteiger partial charge in [0.2, 0.25) is 5.95 Å². The van der Waals surface area contributed by atoms with Crippen molar-refractivity contribution in [1.82, 2.24) is 15.3 Å². The van der Waals surface area contributed by atoms with E-state index in [9.17, 15) is 0 Å². The van der Waals surface area contributed by atoms with Crippen LogP contribution in [0.3, 0.4) is 0 Å². The molecule has 0 unspecified atom stereocenters. The summed E-state index contributed by atoms with van der Waals surface area (Å²) in [6.45, 7) is 6.12. The first kappa shape index (κ1) is 19.5. The molecule has 146 valence electrons. The lowest BCUT2D eigenvalue weighted by molar-refractivity contribution is 0.411. The molecule has 0 bridgehead atoms. The average molecular weight is 392 g/mol. The van der Waals surface area contributed by atoms with Gasteiger partial charge in [-0.1, -0.05) is 25.4 Å². The molecule has 1 aliphatic rings. The quantitative estimate of drug-likeness (QED) is 0.689. The number of hydrogen-bond donors (Lipinski definition) is 3. The summed E-state index contributed by atoms with van der Waals surface area (Å²) in [5.74, 6) is 2.64. The van der Waals surface area contributed by atoms with E-state index in [0.29, 0.717) is 34.3 Å². The Bertz CT molecular complexity index is 794. The van der Waals surface area contributed by atoms with Gasteiger partial charge in [-0.25, -0.2) is 4.98 Å². The van der Waals surface area contributed by atoms with Gasteiger partial charge in [0.15, 0.2) is 11.6 Å². The van der Waals surface area contributed by atoms with Crippen LogP contribution in [0, 0.1) is 0 Å². The molecule has 0 saturated carbocycles. The third kappa shape index (κ3) is 4.73. The van der Waals surface area contributed by atoms with Crippen molar-refractivity contribution in [1.29, 1.82) is 0 Å². The van der Waals surface area contributed by atoms with Crippen molar-refractivity contribution in [2.24, 2.45) is 0 Å². The molecule has 1 aliphatic heterocycles. The highest BCUT2D eigenvalue weighted by Crippen LogP contribution is 2.39. The molecule has 8 heteroatoms. The van der Waals surface area contributed by atoms with Crippen LogP contribution < -0.4 is 25.8 Å². The highest BCUT2D eigenvalue weighted by atomic mass is 35.5. The van der Waals surface area contributed by atoms with Gasteiger partial charge in [-0.05, 0) is 37.9 Å². The van der Waals surface area contributed by atoms with Crippen molar-refractivity contribution >= 4 is 23.4 Å². The van der Waals surface area contributed by atoms with Crippen LogP contribution in [0.15, 0.2) is 18.3 Å². The van der Waals surface area contributed by atoms with E-state index in [0.717, 1.165) is 31.5 Å². The molecule has 0 atom stereocenters. The summed E-state index contributed by atoms with van der Waals surface area (Å²) < 4.78 is 11.3. The number of benzene rings is 1. The van der Waals surface area contributed by atoms with E-state index in [1.807, 2.05) is 6.07 Å². The molecule has 0 aliphatic carbocycles. The fourth-order valence-electron chi connectivity index (χ4n) is 3.05. The molecule has 1 saturated heterocycles. The molecule has 1 aromatic carbocycles. The van der Waals surface area contributed by atoms with Gasteiger partial charge < -0.3 is 25.8 Å². The smallest absolute Gasteiger partial charge is 0.225 e. The van der Waals surface area contributed by atoms with E-state index in [2.05, 4.69) is 34.4 Å². The standard InChI is InChI=1S/C19H26ClN5O2/c1-11(2)13-8-16(26-3)14(20)9-15(13)27-17-10-23-19(25-18(17)21)24-12-4-6-22-7-5-12/h8-12,22H,4-7H2,1-3H3,(H3,21,23,24,25). The molecule has 2 heterocycles. The van der Waals surface area contributed by atoms with Crippen LogP contribution in [-0.2, 0) is 0 Å². The van der Waals surface area contributed by atoms with Crippen molar-refractivity contribution in [3.05, 3.63) is 28.9 Å². The van der Waals surface area contributed by atoms with Crippen LogP contribution in [0.5, 0.6) is 17.2 Å². The van der Waals surface area contributed by atoms with Gasteiger partial charge in [0.1, 0.15) is 11.5 Å². The van der Waals surface area contributed by atoms with Crippen molar-refractivity contribution in [2.75, 3.05) is 31.2 Å². The number of halogens is 1. The maximum absolute atomic E-state index is 6.26. The molecule has 27 heavy (non-hydrogen) atoms. The number of anilines is 2. The van der Waals surface area contributed by atoms with E-state index >= 15 is 0 Å². The minimum atomic E-state index is 0.217. The second-order valence-electron chi connectivity index (χ2n) is 6.89. The monoisotopic (exact) mass is 391 g/mol. The third-order valence-corrected chi connectivity index (χ3v) is 4.88. The lowest BCUT2D eigenvalue weighted by Gasteiger charge is -2.23. The summed E-state index contributed by atoms with van der Waals surface area (Å²) in [4.78, 5) is 8.70. The SMILES string of the molecule is COc1cc(C(C)C)c(Oc2cnc(NC3CCNCC3)nc2N)cc1Cl. The van der Waals surface area contributed by atoms with Crippen LogP contribution in [-0.4, -0.2) is 36.2 Å². The molecule has 0 amide bonds. The summed E-state index contributed by atoms with van der Waals surface area (Å²) in [6, 6.07) is 3.97. The van der Waals surface area contributed by atoms with Gasteiger partial charge in [-0.15, -0.1) is 0 Å². The van der Waals surface area contributed by atoms with E-state index in [1.165, 1.54) is 0 Å². The number of nitrogens with two attached hydrogens (primary N) is 1. The first-order valence-electron chi connectivity index (χ1n) is 9.13. The normalized spacial score (nSPS) is 15.0. The maximum Gasteiger partial charge on any atom is 0.225 e. The number of piperidine rings is 1. The number of rotatable bonds is 6. The minimum absolute atomic E-state index is 0.217. The van der Waals surface area contributed by atoms with Gasteiger partial charge in [0.05, 0.1) is 18.3 Å². The average Bonchev–Trinajstić information content (AvgIpc) is 2.64. The van der Waals surface area contributed by atoms with E-state index in [4.69, 9.17) is 26.8 Å². The maximum atomic E-state index is 6.26. The number of nitrogen functional groups attached to an aromatic ring is 1. The Kier molecular flexibility index (Phi) is 6.23. The van der Waals surface area contributed by atoms with Crippen LogP contribution >= 0.6 is 11.6 Å². The number of nitrogens with zero attached hydrogens (tertiary/aromatic N) is 2. The van der Waals surface area contributed by atoms with Crippen LogP contribution in [0.2, 0.25) is 5.02 Å². The summed E-state index contributed by atoms with van der Waals surface area (Å²) in [5, 5.41) is 7.13. The van der Waals surface area contributed by atoms with Crippen LogP contribution in [0.25, 0.3) is 0 Å². The Morgan fingerprint density at radius 2 is 1.96 bits per heavy atom. The number of methoxy groups -OCH3 is 1. The number of aromatic nitrogens is 2. The van der Waals surface area contributed by atoms with Crippen LogP contribution in [0.1, 0.15) is 38.2 Å². The van der Waals surface area contributed by atoms with Gasteiger partial charge >= 0.3 is 0 Å². The second-order valence-corrected chi connectivity index (χ2v) is 7.30. The van der Waals surface area contributed by atoms with Crippen molar-refractivity contribution in [3.63, 3.8) is 0 Å². The highest BCUT2D eigenvalue weighted by molar-refractivity contribution is 6.32. The Labute approximate surface area is 164 Å². The first-order chi connectivity index (χ1) is 13.0. The van der Waals surface area contributed by atoms with E-state index in [-0.39, 0.29) is 11.7 Å². The molecule has 0 spiro atoms. The predicted octanol–water partition coefficient (Wildman–Crippen LogP) is 3.80. The third-order valence-electron chi connectivity index (χ3n) is 4.58. The Hall–Kier alpha value is -2.25. The second kappa shape index (κ2) is 8.63. The molecule has 1 fully saturated rings. The lowest BCUT2D eigenvalue weighted by atomic mass is 10.0. The topological polar surface area (TPSA) is 94.3 Å². The Morgan fingerprint density at radius 3 is 2.59 bits per heavy atom. The highest BCUT2D eigenvalue weighted by Gasteiger charge is 2.17. The fraction of sp³-hybridized carbons (Fsp3) is 0.474. The molecule has 0 radical (unpaired) electrons. The summed E-state index contributed by atoms with van der Waals surface area (Å²) >= 11 is 6.26. The number of nitrogens with one attached hydrogen (secondary N) is 2. The van der Waals surface area contributed by atoms with Gasteiger partial charge in [-0.3, -0.25) is 0 Å². The lowest BCUT2D eigenvalue weighted by Crippen LogP contribution is -2.35. The largest absolute Gasteiger partial charge is 0.495 e. The van der Waals surface area contributed by atoms with Crippen molar-refractivity contribution < 1.29 is 9.47 Å².